The van der Waals surface area contributed by atoms with Gasteiger partial charge in [-0.1, -0.05) is 66.2 Å². The van der Waals surface area contributed by atoms with Crippen molar-refractivity contribution in [2.24, 2.45) is 0 Å². The van der Waals surface area contributed by atoms with E-state index in [1.165, 1.54) is 5.56 Å². The maximum atomic E-state index is 13.0. The Bertz CT molecular complexity index is 1160. The van der Waals surface area contributed by atoms with E-state index in [9.17, 15) is 4.79 Å². The van der Waals surface area contributed by atoms with Gasteiger partial charge in [-0.05, 0) is 42.1 Å². The Kier molecular flexibility index (Phi) is 5.66. The molecule has 0 aliphatic rings. The summed E-state index contributed by atoms with van der Waals surface area (Å²) < 4.78 is 7.27. The normalized spacial score (nSPS) is 10.6. The highest BCUT2D eigenvalue weighted by Gasteiger charge is 2.26. The molecule has 4 rings (SSSR count). The summed E-state index contributed by atoms with van der Waals surface area (Å²) in [6.45, 7) is 4.17. The zero-order valence-corrected chi connectivity index (χ0v) is 17.1. The van der Waals surface area contributed by atoms with E-state index in [2.05, 4.69) is 42.2 Å². The number of aryl methyl sites for hydroxylation is 1. The zero-order valence-electron chi connectivity index (χ0n) is 17.1. The monoisotopic (exact) mass is 395 g/mol. The number of rotatable bonds is 5. The van der Waals surface area contributed by atoms with Crippen molar-refractivity contribution >= 4 is 5.97 Å². The van der Waals surface area contributed by atoms with E-state index >= 15 is 0 Å². The van der Waals surface area contributed by atoms with Gasteiger partial charge in [-0.15, -0.1) is 0 Å². The summed E-state index contributed by atoms with van der Waals surface area (Å²) in [5.41, 5.74) is 5.47. The van der Waals surface area contributed by atoms with E-state index < -0.39 is 0 Å². The number of carbonyl (C=O) groups is 1. The fourth-order valence-corrected chi connectivity index (χ4v) is 3.42. The van der Waals surface area contributed by atoms with Crippen LogP contribution in [0.5, 0.6) is 0 Å². The average Bonchev–Trinajstić information content (AvgIpc) is 2.80. The second kappa shape index (κ2) is 8.70. The van der Waals surface area contributed by atoms with Gasteiger partial charge in [-0.25, -0.2) is 4.79 Å². The van der Waals surface area contributed by atoms with Crippen molar-refractivity contribution in [3.63, 3.8) is 0 Å². The van der Waals surface area contributed by atoms with Crippen molar-refractivity contribution in [2.45, 2.75) is 13.8 Å². The van der Waals surface area contributed by atoms with Crippen molar-refractivity contribution in [1.29, 1.82) is 0 Å². The van der Waals surface area contributed by atoms with Crippen LogP contribution < -0.4 is 4.57 Å². The second-order valence-corrected chi connectivity index (χ2v) is 6.99. The molecule has 0 N–H and O–H groups in total. The van der Waals surface area contributed by atoms with Gasteiger partial charge in [0.2, 0.25) is 5.69 Å². The molecule has 0 unspecified atom stereocenters. The molecule has 0 saturated carbocycles. The van der Waals surface area contributed by atoms with Crippen LogP contribution in [0.25, 0.3) is 28.2 Å². The minimum absolute atomic E-state index is 0.302. The predicted molar refractivity (Wildman–Crippen MR) is 117 cm³/mol. The SMILES string of the molecule is CCOC(=O)c1cc(-c2ccc(C)cc2)cc(-c2ccccc2)[n+]1-c1ccccn1. The van der Waals surface area contributed by atoms with E-state index in [4.69, 9.17) is 4.74 Å². The first-order valence-electron chi connectivity index (χ1n) is 9.98. The minimum atomic E-state index is -0.380. The first-order chi connectivity index (χ1) is 14.7. The first kappa shape index (κ1) is 19.5. The van der Waals surface area contributed by atoms with Gasteiger partial charge < -0.3 is 4.74 Å². The van der Waals surface area contributed by atoms with Crippen LogP contribution in [0.3, 0.4) is 0 Å². The van der Waals surface area contributed by atoms with Crippen LogP contribution in [0.1, 0.15) is 23.0 Å². The van der Waals surface area contributed by atoms with Crippen LogP contribution in [0, 0.1) is 6.92 Å². The molecule has 2 aromatic carbocycles. The summed E-state index contributed by atoms with van der Waals surface area (Å²) in [6.07, 6.45) is 1.72. The van der Waals surface area contributed by atoms with E-state index in [-0.39, 0.29) is 5.97 Å². The molecule has 2 heterocycles. The van der Waals surface area contributed by atoms with Gasteiger partial charge in [0, 0.05) is 17.7 Å². The number of nitrogens with zero attached hydrogens (tertiary/aromatic N) is 2. The van der Waals surface area contributed by atoms with Gasteiger partial charge in [-0.2, -0.15) is 4.57 Å². The van der Waals surface area contributed by atoms with Crippen LogP contribution in [0.2, 0.25) is 0 Å². The molecule has 0 aliphatic heterocycles. The molecule has 4 nitrogen and oxygen atoms in total. The third-order valence-corrected chi connectivity index (χ3v) is 4.88. The molecule has 0 fully saturated rings. The van der Waals surface area contributed by atoms with Crippen LogP contribution in [-0.4, -0.2) is 17.6 Å². The Morgan fingerprint density at radius 1 is 0.867 bits per heavy atom. The van der Waals surface area contributed by atoms with Crippen molar-refractivity contribution in [2.75, 3.05) is 6.61 Å². The second-order valence-electron chi connectivity index (χ2n) is 6.99. The summed E-state index contributed by atoms with van der Waals surface area (Å²) in [5, 5.41) is 0. The Morgan fingerprint density at radius 3 is 2.27 bits per heavy atom. The lowest BCUT2D eigenvalue weighted by molar-refractivity contribution is -0.591. The van der Waals surface area contributed by atoms with Gasteiger partial charge in [-0.3, -0.25) is 0 Å². The molecule has 2 aromatic heterocycles. The van der Waals surface area contributed by atoms with Crippen LogP contribution in [0.15, 0.2) is 91.1 Å². The number of carbonyl (C=O) groups excluding carboxylic acids is 1. The lowest BCUT2D eigenvalue weighted by Crippen LogP contribution is -2.42. The fourth-order valence-electron chi connectivity index (χ4n) is 3.42. The topological polar surface area (TPSA) is 43.1 Å². The third kappa shape index (κ3) is 3.98. The van der Waals surface area contributed by atoms with E-state index in [0.29, 0.717) is 18.1 Å². The molecule has 148 valence electrons. The van der Waals surface area contributed by atoms with Crippen molar-refractivity contribution in [3.8, 4) is 28.2 Å². The van der Waals surface area contributed by atoms with E-state index in [1.54, 1.807) is 6.20 Å². The number of esters is 1. The standard InChI is InChI=1S/C26H23N2O2/c1-3-30-26(29)24-18-22(20-14-12-19(2)13-15-20)17-23(21-9-5-4-6-10-21)28(24)25-11-7-8-16-27-25/h4-18H,3H2,1-2H3/q+1. The first-order valence-corrected chi connectivity index (χ1v) is 9.98. The number of aromatic nitrogens is 2. The summed E-state index contributed by atoms with van der Waals surface area (Å²) in [4.78, 5) is 17.5. The fraction of sp³-hybridized carbons (Fsp3) is 0.115. The van der Waals surface area contributed by atoms with E-state index in [0.717, 1.165) is 22.4 Å². The molecule has 0 atom stereocenters. The van der Waals surface area contributed by atoms with Gasteiger partial charge >= 0.3 is 11.8 Å². The van der Waals surface area contributed by atoms with Crippen molar-refractivity contribution in [3.05, 3.63) is 102 Å². The summed E-state index contributed by atoms with van der Waals surface area (Å²) >= 11 is 0. The van der Waals surface area contributed by atoms with Gasteiger partial charge in [0.25, 0.3) is 0 Å². The summed E-state index contributed by atoms with van der Waals surface area (Å²) in [6, 6.07) is 27.9. The number of pyridine rings is 2. The smallest absolute Gasteiger partial charge is 0.378 e. The van der Waals surface area contributed by atoms with Gasteiger partial charge in [0.05, 0.1) is 6.61 Å². The maximum absolute atomic E-state index is 13.0. The molecule has 0 saturated heterocycles. The number of benzene rings is 2. The molecule has 0 spiro atoms. The predicted octanol–water partition coefficient (Wildman–Crippen LogP) is 5.18. The highest BCUT2D eigenvalue weighted by atomic mass is 16.5. The van der Waals surface area contributed by atoms with Crippen LogP contribution in [0.4, 0.5) is 0 Å². The lowest BCUT2D eigenvalue weighted by Gasteiger charge is -2.14. The Hall–Kier alpha value is -3.79. The summed E-state index contributed by atoms with van der Waals surface area (Å²) in [5.74, 6) is 0.282. The molecule has 4 heteroatoms. The Morgan fingerprint density at radius 2 is 1.60 bits per heavy atom. The highest BCUT2D eigenvalue weighted by molar-refractivity contribution is 5.88. The van der Waals surface area contributed by atoms with Crippen molar-refractivity contribution < 1.29 is 14.1 Å². The van der Waals surface area contributed by atoms with Crippen LogP contribution in [-0.2, 0) is 4.74 Å². The molecule has 0 radical (unpaired) electrons. The zero-order chi connectivity index (χ0) is 20.9. The summed E-state index contributed by atoms with van der Waals surface area (Å²) in [7, 11) is 0. The molecule has 0 amide bonds. The molecule has 4 aromatic rings. The maximum Gasteiger partial charge on any atom is 0.378 e. The van der Waals surface area contributed by atoms with Crippen LogP contribution >= 0.6 is 0 Å². The number of hydrogen-bond acceptors (Lipinski definition) is 3. The quantitative estimate of drug-likeness (QED) is 0.346. The highest BCUT2D eigenvalue weighted by Crippen LogP contribution is 2.27. The molecular weight excluding hydrogens is 372 g/mol. The van der Waals surface area contributed by atoms with Gasteiger partial charge in [0.15, 0.2) is 0 Å². The molecule has 0 bridgehead atoms. The minimum Gasteiger partial charge on any atom is -0.460 e. The molecular formula is C26H23N2O2+. The number of ether oxygens (including phenoxy) is 1. The Balaban J connectivity index is 2.04. The Labute approximate surface area is 176 Å². The van der Waals surface area contributed by atoms with E-state index in [1.807, 2.05) is 66.1 Å². The van der Waals surface area contributed by atoms with Gasteiger partial charge in [0.1, 0.15) is 11.9 Å². The lowest BCUT2D eigenvalue weighted by atomic mass is 10.0. The number of hydrogen-bond donors (Lipinski definition) is 0. The third-order valence-electron chi connectivity index (χ3n) is 4.88. The van der Waals surface area contributed by atoms with Crippen molar-refractivity contribution in [1.82, 2.24) is 4.98 Å². The molecule has 30 heavy (non-hydrogen) atoms. The molecule has 0 aliphatic carbocycles. The average molecular weight is 395 g/mol. The largest absolute Gasteiger partial charge is 0.460 e.